The summed E-state index contributed by atoms with van der Waals surface area (Å²) in [4.78, 5) is 16.2. The Balaban J connectivity index is 1.82. The Morgan fingerprint density at radius 2 is 1.88 bits per heavy atom. The molecule has 0 saturated carbocycles. The first-order valence-corrected chi connectivity index (χ1v) is 7.54. The Hall–Kier alpha value is -3.02. The van der Waals surface area contributed by atoms with E-state index in [2.05, 4.69) is 15.5 Å². The molecule has 3 aromatic rings. The van der Waals surface area contributed by atoms with Crippen molar-refractivity contribution in [2.75, 3.05) is 0 Å². The van der Waals surface area contributed by atoms with Gasteiger partial charge >= 0.3 is 0 Å². The van der Waals surface area contributed by atoms with E-state index in [1.54, 1.807) is 36.4 Å². The molecular weight excluding hydrogens is 309 g/mol. The summed E-state index contributed by atoms with van der Waals surface area (Å²) in [5.41, 5.74) is 1.78. The van der Waals surface area contributed by atoms with E-state index in [-0.39, 0.29) is 17.8 Å². The van der Waals surface area contributed by atoms with Gasteiger partial charge in [-0.25, -0.2) is 4.39 Å². The standard InChI is InChI=1S/C18H16FN3O2/c1-11(2)20-17(23)12-6-8-13(9-7-12)18-21-16(22-24-18)14-4-3-5-15(19)10-14/h3-11H,1-2H3,(H,20,23). The Bertz CT molecular complexity index is 857. The van der Waals surface area contributed by atoms with Gasteiger partial charge in [-0.2, -0.15) is 4.98 Å². The van der Waals surface area contributed by atoms with Crippen LogP contribution in [-0.2, 0) is 0 Å². The summed E-state index contributed by atoms with van der Waals surface area (Å²) in [5.74, 6) is 0.123. The molecule has 0 aliphatic heterocycles. The highest BCUT2D eigenvalue weighted by molar-refractivity contribution is 5.94. The van der Waals surface area contributed by atoms with Crippen molar-refractivity contribution in [3.05, 3.63) is 59.9 Å². The number of rotatable bonds is 4. The molecule has 1 heterocycles. The van der Waals surface area contributed by atoms with Crippen LogP contribution in [0.25, 0.3) is 22.8 Å². The zero-order chi connectivity index (χ0) is 17.1. The maximum atomic E-state index is 13.3. The lowest BCUT2D eigenvalue weighted by atomic mass is 10.1. The molecule has 0 aliphatic rings. The monoisotopic (exact) mass is 325 g/mol. The molecule has 0 saturated heterocycles. The SMILES string of the molecule is CC(C)NC(=O)c1ccc(-c2nc(-c3cccc(F)c3)no2)cc1. The third-order valence-corrected chi connectivity index (χ3v) is 3.32. The van der Waals surface area contributed by atoms with Crippen molar-refractivity contribution < 1.29 is 13.7 Å². The number of aromatic nitrogens is 2. The van der Waals surface area contributed by atoms with E-state index in [4.69, 9.17) is 4.52 Å². The lowest BCUT2D eigenvalue weighted by Crippen LogP contribution is -2.29. The maximum absolute atomic E-state index is 13.3. The Morgan fingerprint density at radius 3 is 2.54 bits per heavy atom. The van der Waals surface area contributed by atoms with E-state index >= 15 is 0 Å². The lowest BCUT2D eigenvalue weighted by molar-refractivity contribution is 0.0943. The molecule has 0 aliphatic carbocycles. The quantitative estimate of drug-likeness (QED) is 0.794. The second-order valence-electron chi connectivity index (χ2n) is 5.64. The Kier molecular flexibility index (Phi) is 4.37. The van der Waals surface area contributed by atoms with Crippen LogP contribution < -0.4 is 5.32 Å². The highest BCUT2D eigenvalue weighted by Gasteiger charge is 2.12. The summed E-state index contributed by atoms with van der Waals surface area (Å²) < 4.78 is 18.5. The summed E-state index contributed by atoms with van der Waals surface area (Å²) in [5, 5.41) is 6.69. The summed E-state index contributed by atoms with van der Waals surface area (Å²) in [6, 6.07) is 12.9. The van der Waals surface area contributed by atoms with Crippen LogP contribution in [0.4, 0.5) is 4.39 Å². The Morgan fingerprint density at radius 1 is 1.12 bits per heavy atom. The molecule has 1 amide bonds. The zero-order valence-electron chi connectivity index (χ0n) is 13.3. The largest absolute Gasteiger partial charge is 0.350 e. The number of halogens is 1. The van der Waals surface area contributed by atoms with Crippen LogP contribution in [0.3, 0.4) is 0 Å². The average Bonchev–Trinajstić information content (AvgIpc) is 3.04. The smallest absolute Gasteiger partial charge is 0.258 e. The second kappa shape index (κ2) is 6.62. The topological polar surface area (TPSA) is 68.0 Å². The summed E-state index contributed by atoms with van der Waals surface area (Å²) >= 11 is 0. The lowest BCUT2D eigenvalue weighted by Gasteiger charge is -2.08. The summed E-state index contributed by atoms with van der Waals surface area (Å²) in [7, 11) is 0. The van der Waals surface area contributed by atoms with Gasteiger partial charge in [0.15, 0.2) is 0 Å². The molecular formula is C18H16FN3O2. The van der Waals surface area contributed by atoms with E-state index in [0.29, 0.717) is 28.4 Å². The predicted octanol–water partition coefficient (Wildman–Crippen LogP) is 3.68. The summed E-state index contributed by atoms with van der Waals surface area (Å²) in [6.07, 6.45) is 0. The first kappa shape index (κ1) is 15.9. The summed E-state index contributed by atoms with van der Waals surface area (Å²) in [6.45, 7) is 3.80. The third kappa shape index (κ3) is 3.48. The number of nitrogens with one attached hydrogen (secondary N) is 1. The van der Waals surface area contributed by atoms with Gasteiger partial charge in [0.25, 0.3) is 11.8 Å². The van der Waals surface area contributed by atoms with Gasteiger partial charge in [-0.05, 0) is 50.2 Å². The molecule has 3 rings (SSSR count). The van der Waals surface area contributed by atoms with Gasteiger partial charge in [0.05, 0.1) is 0 Å². The number of hydrogen-bond donors (Lipinski definition) is 1. The van der Waals surface area contributed by atoms with Crippen molar-refractivity contribution in [1.29, 1.82) is 0 Å². The first-order valence-electron chi connectivity index (χ1n) is 7.54. The molecule has 2 aromatic carbocycles. The molecule has 0 fully saturated rings. The van der Waals surface area contributed by atoms with Gasteiger partial charge in [-0.15, -0.1) is 0 Å². The van der Waals surface area contributed by atoms with Gasteiger partial charge in [0.2, 0.25) is 5.82 Å². The van der Waals surface area contributed by atoms with Gasteiger partial charge in [0, 0.05) is 22.7 Å². The molecule has 0 spiro atoms. The molecule has 122 valence electrons. The highest BCUT2D eigenvalue weighted by atomic mass is 19.1. The molecule has 0 bridgehead atoms. The number of hydrogen-bond acceptors (Lipinski definition) is 4. The van der Waals surface area contributed by atoms with Gasteiger partial charge in [0.1, 0.15) is 5.82 Å². The number of carbonyl (C=O) groups excluding carboxylic acids is 1. The van der Waals surface area contributed by atoms with Crippen molar-refractivity contribution >= 4 is 5.91 Å². The minimum absolute atomic E-state index is 0.0712. The predicted molar refractivity (Wildman–Crippen MR) is 87.7 cm³/mol. The minimum Gasteiger partial charge on any atom is -0.350 e. The van der Waals surface area contributed by atoms with Crippen LogP contribution >= 0.6 is 0 Å². The van der Waals surface area contributed by atoms with Crippen LogP contribution in [0.15, 0.2) is 53.1 Å². The number of carbonyl (C=O) groups is 1. The van der Waals surface area contributed by atoms with E-state index in [9.17, 15) is 9.18 Å². The van der Waals surface area contributed by atoms with Crippen LogP contribution in [0, 0.1) is 5.82 Å². The number of benzene rings is 2. The normalized spacial score (nSPS) is 10.8. The van der Waals surface area contributed by atoms with E-state index in [1.807, 2.05) is 13.8 Å². The van der Waals surface area contributed by atoms with Crippen LogP contribution in [0.5, 0.6) is 0 Å². The number of nitrogens with zero attached hydrogens (tertiary/aromatic N) is 2. The highest BCUT2D eigenvalue weighted by Crippen LogP contribution is 2.23. The van der Waals surface area contributed by atoms with Crippen LogP contribution in [0.1, 0.15) is 24.2 Å². The van der Waals surface area contributed by atoms with Crippen molar-refractivity contribution in [3.8, 4) is 22.8 Å². The fourth-order valence-corrected chi connectivity index (χ4v) is 2.20. The van der Waals surface area contributed by atoms with Crippen molar-refractivity contribution in [3.63, 3.8) is 0 Å². The average molecular weight is 325 g/mol. The van der Waals surface area contributed by atoms with Crippen LogP contribution in [0.2, 0.25) is 0 Å². The fourth-order valence-electron chi connectivity index (χ4n) is 2.20. The van der Waals surface area contributed by atoms with E-state index in [0.717, 1.165) is 0 Å². The Labute approximate surface area is 138 Å². The molecule has 6 heteroatoms. The molecule has 1 N–H and O–H groups in total. The molecule has 24 heavy (non-hydrogen) atoms. The van der Waals surface area contributed by atoms with E-state index in [1.165, 1.54) is 12.1 Å². The van der Waals surface area contributed by atoms with Gasteiger partial charge in [-0.3, -0.25) is 4.79 Å². The molecule has 0 unspecified atom stereocenters. The van der Waals surface area contributed by atoms with Gasteiger partial charge in [-0.1, -0.05) is 17.3 Å². The van der Waals surface area contributed by atoms with Crippen molar-refractivity contribution in [1.82, 2.24) is 15.5 Å². The minimum atomic E-state index is -0.362. The maximum Gasteiger partial charge on any atom is 0.258 e. The van der Waals surface area contributed by atoms with Gasteiger partial charge < -0.3 is 9.84 Å². The fraction of sp³-hybridized carbons (Fsp3) is 0.167. The molecule has 5 nitrogen and oxygen atoms in total. The third-order valence-electron chi connectivity index (χ3n) is 3.32. The number of amides is 1. The first-order chi connectivity index (χ1) is 11.5. The second-order valence-corrected chi connectivity index (χ2v) is 5.64. The van der Waals surface area contributed by atoms with E-state index < -0.39 is 0 Å². The molecule has 1 aromatic heterocycles. The van der Waals surface area contributed by atoms with Crippen molar-refractivity contribution in [2.45, 2.75) is 19.9 Å². The zero-order valence-corrected chi connectivity index (χ0v) is 13.3. The van der Waals surface area contributed by atoms with Crippen LogP contribution in [-0.4, -0.2) is 22.1 Å². The molecule has 0 atom stereocenters. The van der Waals surface area contributed by atoms with Crippen molar-refractivity contribution in [2.24, 2.45) is 0 Å². The molecule has 0 radical (unpaired) electrons.